The van der Waals surface area contributed by atoms with E-state index in [1.54, 1.807) is 0 Å². The summed E-state index contributed by atoms with van der Waals surface area (Å²) in [7, 11) is 0. The summed E-state index contributed by atoms with van der Waals surface area (Å²) >= 11 is 9.50. The lowest BCUT2D eigenvalue weighted by molar-refractivity contribution is 0.183. The first-order valence-corrected chi connectivity index (χ1v) is 10.9. The molecule has 2 aromatic rings. The molecule has 0 N–H and O–H groups in total. The maximum atomic E-state index is 5.52. The molecule has 0 aliphatic heterocycles. The second-order valence-corrected chi connectivity index (χ2v) is 9.75. The summed E-state index contributed by atoms with van der Waals surface area (Å²) in [6, 6.07) is 19.0. The Kier molecular flexibility index (Phi) is 7.92. The molecular weight excluding hydrogens is 351 g/mol. The van der Waals surface area contributed by atoms with Crippen molar-refractivity contribution in [3.63, 3.8) is 0 Å². The fraction of sp³-hybridized carbons (Fsp3) is 0.250. The first-order chi connectivity index (χ1) is 11.2. The van der Waals surface area contributed by atoms with Gasteiger partial charge in [0.25, 0.3) is 0 Å². The SMILES string of the molecule is S=P(S)(OCCOc1ccccc1)OCCOc1ccccc1. The first-order valence-electron chi connectivity index (χ1n) is 7.13. The summed E-state index contributed by atoms with van der Waals surface area (Å²) in [5, 5.41) is 0. The third-order valence-corrected chi connectivity index (χ3v) is 5.04. The van der Waals surface area contributed by atoms with Gasteiger partial charge in [0.1, 0.15) is 24.7 Å². The molecule has 124 valence electrons. The van der Waals surface area contributed by atoms with Gasteiger partial charge >= 0.3 is 0 Å². The Morgan fingerprint density at radius 1 is 0.696 bits per heavy atom. The summed E-state index contributed by atoms with van der Waals surface area (Å²) in [4.78, 5) is 0. The zero-order valence-corrected chi connectivity index (χ0v) is 15.1. The molecule has 0 atom stereocenters. The minimum atomic E-state index is -2.57. The number of ether oxygens (including phenoxy) is 2. The van der Waals surface area contributed by atoms with Gasteiger partial charge in [-0.25, -0.2) is 0 Å². The van der Waals surface area contributed by atoms with E-state index in [-0.39, 0.29) is 0 Å². The average Bonchev–Trinajstić information content (AvgIpc) is 2.58. The minimum absolute atomic E-state index is 0.329. The van der Waals surface area contributed by atoms with Gasteiger partial charge in [0.05, 0.1) is 13.2 Å². The van der Waals surface area contributed by atoms with Crippen LogP contribution < -0.4 is 9.47 Å². The van der Waals surface area contributed by atoms with E-state index < -0.39 is 5.69 Å². The lowest BCUT2D eigenvalue weighted by atomic mass is 10.3. The molecule has 0 amide bonds. The number of hydrogen-bond acceptors (Lipinski definition) is 5. The van der Waals surface area contributed by atoms with E-state index in [0.29, 0.717) is 26.4 Å². The highest BCUT2D eigenvalue weighted by Gasteiger charge is 2.13. The lowest BCUT2D eigenvalue weighted by Gasteiger charge is -2.17. The zero-order chi connectivity index (χ0) is 16.4. The predicted molar refractivity (Wildman–Crippen MR) is 99.0 cm³/mol. The molecule has 0 aromatic heterocycles. The quantitative estimate of drug-likeness (QED) is 0.383. The van der Waals surface area contributed by atoms with Gasteiger partial charge in [-0.15, -0.1) is 0 Å². The molecule has 0 aliphatic rings. The van der Waals surface area contributed by atoms with Crippen LogP contribution in [0.3, 0.4) is 0 Å². The van der Waals surface area contributed by atoms with Crippen LogP contribution in [0.4, 0.5) is 0 Å². The van der Waals surface area contributed by atoms with Crippen molar-refractivity contribution in [1.82, 2.24) is 0 Å². The van der Waals surface area contributed by atoms with Gasteiger partial charge in [-0.3, -0.25) is 0 Å². The number of para-hydroxylation sites is 2. The molecule has 0 radical (unpaired) electrons. The third-order valence-electron chi connectivity index (χ3n) is 2.70. The molecule has 0 spiro atoms. The summed E-state index contributed by atoms with van der Waals surface area (Å²) < 4.78 is 22.0. The van der Waals surface area contributed by atoms with E-state index in [1.165, 1.54) is 0 Å². The summed E-state index contributed by atoms with van der Waals surface area (Å²) in [5.41, 5.74) is -2.57. The van der Waals surface area contributed by atoms with Crippen molar-refractivity contribution in [2.75, 3.05) is 26.4 Å². The van der Waals surface area contributed by atoms with Crippen LogP contribution in [0.15, 0.2) is 60.7 Å². The topological polar surface area (TPSA) is 36.9 Å². The Labute approximate surface area is 147 Å². The number of benzene rings is 2. The van der Waals surface area contributed by atoms with E-state index in [1.807, 2.05) is 60.7 Å². The maximum Gasteiger partial charge on any atom is 0.244 e. The van der Waals surface area contributed by atoms with Crippen molar-refractivity contribution in [2.24, 2.45) is 0 Å². The first kappa shape index (κ1) is 18.3. The van der Waals surface area contributed by atoms with Gasteiger partial charge in [0, 0.05) is 0 Å². The van der Waals surface area contributed by atoms with Gasteiger partial charge in [-0.05, 0) is 36.1 Å². The number of hydrogen-bond donors (Lipinski definition) is 1. The van der Waals surface area contributed by atoms with Crippen LogP contribution in [0.25, 0.3) is 0 Å². The number of rotatable bonds is 10. The van der Waals surface area contributed by atoms with Crippen molar-refractivity contribution in [3.05, 3.63) is 60.7 Å². The van der Waals surface area contributed by atoms with Crippen LogP contribution in [-0.2, 0) is 20.9 Å². The molecule has 0 bridgehead atoms. The Morgan fingerprint density at radius 3 is 1.48 bits per heavy atom. The summed E-state index contributed by atoms with van der Waals surface area (Å²) in [6.07, 6.45) is 0. The Morgan fingerprint density at radius 2 is 1.09 bits per heavy atom. The minimum Gasteiger partial charge on any atom is -0.491 e. The van der Waals surface area contributed by atoms with Gasteiger partial charge in [-0.1, -0.05) is 48.6 Å². The van der Waals surface area contributed by atoms with Crippen LogP contribution in [0, 0.1) is 0 Å². The third kappa shape index (κ3) is 7.86. The van der Waals surface area contributed by atoms with E-state index in [2.05, 4.69) is 12.2 Å². The monoisotopic (exact) mass is 370 g/mol. The fourth-order valence-electron chi connectivity index (χ4n) is 1.70. The summed E-state index contributed by atoms with van der Waals surface area (Å²) in [6.45, 7) is 1.45. The standard InChI is InChI=1S/C16H19O4PS2/c22-21(23,19-13-11-17-15-7-3-1-4-8-15)20-14-12-18-16-9-5-2-6-10-16/h1-10H,11-14H2,(H,22,23). The zero-order valence-electron chi connectivity index (χ0n) is 12.5. The van der Waals surface area contributed by atoms with Crippen LogP contribution in [0.1, 0.15) is 0 Å². The largest absolute Gasteiger partial charge is 0.491 e. The van der Waals surface area contributed by atoms with Crippen molar-refractivity contribution >= 4 is 29.7 Å². The number of thiol groups is 1. The van der Waals surface area contributed by atoms with Gasteiger partial charge < -0.3 is 18.5 Å². The maximum absolute atomic E-state index is 5.52. The average molecular weight is 370 g/mol. The lowest BCUT2D eigenvalue weighted by Crippen LogP contribution is -2.08. The van der Waals surface area contributed by atoms with Gasteiger partial charge in [-0.2, -0.15) is 0 Å². The van der Waals surface area contributed by atoms with Crippen molar-refractivity contribution in [2.45, 2.75) is 0 Å². The highest BCUT2D eigenvalue weighted by molar-refractivity contribution is 8.60. The second-order valence-electron chi connectivity index (χ2n) is 4.46. The van der Waals surface area contributed by atoms with Gasteiger partial charge in [0.2, 0.25) is 5.69 Å². The van der Waals surface area contributed by atoms with Crippen LogP contribution >= 0.6 is 17.9 Å². The Bertz CT molecular complexity index is 558. The smallest absolute Gasteiger partial charge is 0.244 e. The highest BCUT2D eigenvalue weighted by atomic mass is 32.9. The fourth-order valence-corrected chi connectivity index (χ4v) is 3.32. The Balaban J connectivity index is 1.58. The molecule has 7 heteroatoms. The molecule has 0 fully saturated rings. The van der Waals surface area contributed by atoms with Crippen molar-refractivity contribution in [3.8, 4) is 11.5 Å². The molecule has 0 aliphatic carbocycles. The predicted octanol–water partition coefficient (Wildman–Crippen LogP) is 4.33. The van der Waals surface area contributed by atoms with E-state index in [0.717, 1.165) is 11.5 Å². The second kappa shape index (κ2) is 9.96. The van der Waals surface area contributed by atoms with Gasteiger partial charge in [0.15, 0.2) is 0 Å². The molecule has 23 heavy (non-hydrogen) atoms. The normalized spacial score (nSPS) is 11.2. The molecular formula is C16H19O4PS2. The molecule has 2 rings (SSSR count). The van der Waals surface area contributed by atoms with Crippen LogP contribution in [-0.4, -0.2) is 26.4 Å². The van der Waals surface area contributed by atoms with Crippen molar-refractivity contribution in [1.29, 1.82) is 0 Å². The van der Waals surface area contributed by atoms with E-state index in [4.69, 9.17) is 30.3 Å². The van der Waals surface area contributed by atoms with E-state index >= 15 is 0 Å². The Hall–Kier alpha value is -1.04. The molecule has 0 unspecified atom stereocenters. The molecule has 4 nitrogen and oxygen atoms in total. The summed E-state index contributed by atoms with van der Waals surface area (Å²) in [5.74, 6) is 1.58. The molecule has 2 aromatic carbocycles. The molecule has 0 heterocycles. The van der Waals surface area contributed by atoms with Crippen LogP contribution in [0.5, 0.6) is 11.5 Å². The van der Waals surface area contributed by atoms with Crippen LogP contribution in [0.2, 0.25) is 0 Å². The highest BCUT2D eigenvalue weighted by Crippen LogP contribution is 2.53. The molecule has 0 saturated heterocycles. The van der Waals surface area contributed by atoms with E-state index in [9.17, 15) is 0 Å². The molecule has 0 saturated carbocycles. The van der Waals surface area contributed by atoms with Crippen molar-refractivity contribution < 1.29 is 18.5 Å².